The summed E-state index contributed by atoms with van der Waals surface area (Å²) in [5.74, 6) is 0.792. The molecule has 1 saturated carbocycles. The van der Waals surface area contributed by atoms with Gasteiger partial charge in [0.1, 0.15) is 0 Å². The van der Waals surface area contributed by atoms with Crippen LogP contribution in [0.15, 0.2) is 6.07 Å². The molecule has 0 aromatic carbocycles. The summed E-state index contributed by atoms with van der Waals surface area (Å²) in [6, 6.07) is 2.54. The molecule has 2 rings (SSSR count). The van der Waals surface area contributed by atoms with Crippen molar-refractivity contribution in [2.24, 2.45) is 5.41 Å². The average Bonchev–Trinajstić information content (AvgIpc) is 2.43. The fourth-order valence-corrected chi connectivity index (χ4v) is 2.53. The second-order valence-electron chi connectivity index (χ2n) is 5.72. The van der Waals surface area contributed by atoms with Crippen molar-refractivity contribution in [2.45, 2.75) is 53.0 Å². The Balaban J connectivity index is 2.05. The van der Waals surface area contributed by atoms with Crippen molar-refractivity contribution in [3.05, 3.63) is 17.5 Å². The molecule has 0 radical (unpaired) electrons. The third kappa shape index (κ3) is 2.71. The highest BCUT2D eigenvalue weighted by molar-refractivity contribution is 5.29. The summed E-state index contributed by atoms with van der Waals surface area (Å²) in [6.45, 7) is 8.69. The Bertz CT molecular complexity index is 365. The van der Waals surface area contributed by atoms with Gasteiger partial charge >= 0.3 is 0 Å². The molecule has 0 spiro atoms. The van der Waals surface area contributed by atoms with E-state index in [-0.39, 0.29) is 0 Å². The van der Waals surface area contributed by atoms with Crippen LogP contribution in [-0.4, -0.2) is 16.0 Å². The monoisotopic (exact) mass is 219 g/mol. The van der Waals surface area contributed by atoms with E-state index in [1.54, 1.807) is 0 Å². The van der Waals surface area contributed by atoms with E-state index in [4.69, 9.17) is 0 Å². The van der Waals surface area contributed by atoms with Crippen LogP contribution in [0.2, 0.25) is 0 Å². The van der Waals surface area contributed by atoms with Gasteiger partial charge in [-0.1, -0.05) is 13.8 Å². The molecule has 3 heteroatoms. The molecule has 1 aromatic heterocycles. The lowest BCUT2D eigenvalue weighted by atomic mass is 9.92. The van der Waals surface area contributed by atoms with Crippen molar-refractivity contribution in [1.29, 1.82) is 0 Å². The Morgan fingerprint density at radius 2 is 1.88 bits per heavy atom. The van der Waals surface area contributed by atoms with Gasteiger partial charge in [-0.3, -0.25) is 0 Å². The second-order valence-corrected chi connectivity index (χ2v) is 5.72. The fraction of sp³-hybridized carbons (Fsp3) is 0.692. The average molecular weight is 219 g/mol. The number of aryl methyl sites for hydroxylation is 2. The Morgan fingerprint density at radius 1 is 1.25 bits per heavy atom. The molecular weight excluding hydrogens is 198 g/mol. The highest BCUT2D eigenvalue weighted by atomic mass is 15.1. The summed E-state index contributed by atoms with van der Waals surface area (Å²) in [5.41, 5.74) is 2.54. The van der Waals surface area contributed by atoms with Crippen LogP contribution in [0, 0.1) is 19.3 Å². The van der Waals surface area contributed by atoms with E-state index in [0.717, 1.165) is 17.3 Å². The minimum absolute atomic E-state index is 0.469. The molecule has 1 aromatic rings. The van der Waals surface area contributed by atoms with E-state index in [2.05, 4.69) is 29.1 Å². The van der Waals surface area contributed by atoms with Crippen LogP contribution in [0.25, 0.3) is 0 Å². The first-order chi connectivity index (χ1) is 7.44. The van der Waals surface area contributed by atoms with Crippen LogP contribution >= 0.6 is 0 Å². The topological polar surface area (TPSA) is 37.8 Å². The van der Waals surface area contributed by atoms with E-state index in [1.165, 1.54) is 19.3 Å². The standard InChI is InChI=1S/C13H21N3/c1-9-7-10(2)15-12(14-9)16-11-5-6-13(3,4)8-11/h7,11H,5-6,8H2,1-4H3,(H,14,15,16). The van der Waals surface area contributed by atoms with E-state index in [1.807, 2.05) is 19.9 Å². The van der Waals surface area contributed by atoms with Crippen LogP contribution in [0.3, 0.4) is 0 Å². The van der Waals surface area contributed by atoms with Gasteiger partial charge in [0.2, 0.25) is 5.95 Å². The Morgan fingerprint density at radius 3 is 2.38 bits per heavy atom. The molecule has 88 valence electrons. The number of hydrogen-bond acceptors (Lipinski definition) is 3. The quantitative estimate of drug-likeness (QED) is 0.830. The van der Waals surface area contributed by atoms with Crippen molar-refractivity contribution < 1.29 is 0 Å². The molecule has 1 aliphatic carbocycles. The zero-order chi connectivity index (χ0) is 11.8. The summed E-state index contributed by atoms with van der Waals surface area (Å²) in [7, 11) is 0. The summed E-state index contributed by atoms with van der Waals surface area (Å²) in [6.07, 6.45) is 3.72. The smallest absolute Gasteiger partial charge is 0.223 e. The minimum atomic E-state index is 0.469. The van der Waals surface area contributed by atoms with Gasteiger partial charge in [0.25, 0.3) is 0 Å². The maximum atomic E-state index is 4.42. The lowest BCUT2D eigenvalue weighted by molar-refractivity contribution is 0.378. The third-order valence-electron chi connectivity index (χ3n) is 3.28. The normalized spacial score (nSPS) is 23.4. The second kappa shape index (κ2) is 4.04. The van der Waals surface area contributed by atoms with Crippen molar-refractivity contribution in [3.8, 4) is 0 Å². The van der Waals surface area contributed by atoms with Gasteiger partial charge in [-0.15, -0.1) is 0 Å². The largest absolute Gasteiger partial charge is 0.351 e. The molecule has 16 heavy (non-hydrogen) atoms. The summed E-state index contributed by atoms with van der Waals surface area (Å²) >= 11 is 0. The van der Waals surface area contributed by atoms with Gasteiger partial charge in [0.05, 0.1) is 0 Å². The maximum Gasteiger partial charge on any atom is 0.223 e. The molecule has 1 fully saturated rings. The van der Waals surface area contributed by atoms with E-state index in [0.29, 0.717) is 11.5 Å². The van der Waals surface area contributed by atoms with Crippen molar-refractivity contribution in [2.75, 3.05) is 5.32 Å². The number of nitrogens with zero attached hydrogens (tertiary/aromatic N) is 2. The Labute approximate surface area is 97.7 Å². The zero-order valence-corrected chi connectivity index (χ0v) is 10.7. The zero-order valence-electron chi connectivity index (χ0n) is 10.7. The third-order valence-corrected chi connectivity index (χ3v) is 3.28. The lowest BCUT2D eigenvalue weighted by Crippen LogP contribution is -2.19. The molecule has 1 aliphatic rings. The van der Waals surface area contributed by atoms with E-state index >= 15 is 0 Å². The SMILES string of the molecule is Cc1cc(C)nc(NC2CCC(C)(C)C2)n1. The number of hydrogen-bond donors (Lipinski definition) is 1. The van der Waals surface area contributed by atoms with Crippen LogP contribution in [0.5, 0.6) is 0 Å². The summed E-state index contributed by atoms with van der Waals surface area (Å²) in [4.78, 5) is 8.85. The van der Waals surface area contributed by atoms with Crippen molar-refractivity contribution >= 4 is 5.95 Å². The van der Waals surface area contributed by atoms with Crippen LogP contribution in [0.4, 0.5) is 5.95 Å². The number of rotatable bonds is 2. The van der Waals surface area contributed by atoms with Crippen molar-refractivity contribution in [3.63, 3.8) is 0 Å². The first-order valence-electron chi connectivity index (χ1n) is 6.03. The van der Waals surface area contributed by atoms with Gasteiger partial charge in [0.15, 0.2) is 0 Å². The molecular formula is C13H21N3. The highest BCUT2D eigenvalue weighted by Gasteiger charge is 2.31. The number of aromatic nitrogens is 2. The number of anilines is 1. The van der Waals surface area contributed by atoms with Gasteiger partial charge in [0, 0.05) is 17.4 Å². The first kappa shape index (κ1) is 11.4. The van der Waals surface area contributed by atoms with Gasteiger partial charge in [-0.2, -0.15) is 0 Å². The first-order valence-corrected chi connectivity index (χ1v) is 6.03. The molecule has 0 aliphatic heterocycles. The van der Waals surface area contributed by atoms with Gasteiger partial charge in [-0.05, 0) is 44.6 Å². The Hall–Kier alpha value is -1.12. The molecule has 1 heterocycles. The van der Waals surface area contributed by atoms with Gasteiger partial charge in [-0.25, -0.2) is 9.97 Å². The van der Waals surface area contributed by atoms with Crippen LogP contribution in [-0.2, 0) is 0 Å². The maximum absolute atomic E-state index is 4.42. The molecule has 3 nitrogen and oxygen atoms in total. The minimum Gasteiger partial charge on any atom is -0.351 e. The molecule has 0 bridgehead atoms. The van der Waals surface area contributed by atoms with Gasteiger partial charge < -0.3 is 5.32 Å². The molecule has 0 saturated heterocycles. The number of nitrogens with one attached hydrogen (secondary N) is 1. The summed E-state index contributed by atoms with van der Waals surface area (Å²) < 4.78 is 0. The lowest BCUT2D eigenvalue weighted by Gasteiger charge is -2.18. The molecule has 1 unspecified atom stereocenters. The predicted octanol–water partition coefficient (Wildman–Crippen LogP) is 3.08. The Kier molecular flexibility index (Phi) is 2.87. The molecule has 1 atom stereocenters. The van der Waals surface area contributed by atoms with Crippen LogP contribution in [0.1, 0.15) is 44.5 Å². The molecule has 1 N–H and O–H groups in total. The fourth-order valence-electron chi connectivity index (χ4n) is 2.53. The van der Waals surface area contributed by atoms with Crippen molar-refractivity contribution in [1.82, 2.24) is 9.97 Å². The predicted molar refractivity (Wildman–Crippen MR) is 66.5 cm³/mol. The van der Waals surface area contributed by atoms with E-state index < -0.39 is 0 Å². The highest BCUT2D eigenvalue weighted by Crippen LogP contribution is 2.37. The molecule has 0 amide bonds. The summed E-state index contributed by atoms with van der Waals surface area (Å²) in [5, 5.41) is 3.46. The van der Waals surface area contributed by atoms with Crippen LogP contribution < -0.4 is 5.32 Å². The van der Waals surface area contributed by atoms with E-state index in [9.17, 15) is 0 Å².